The molecule has 0 saturated carbocycles. The van der Waals surface area contributed by atoms with E-state index in [2.05, 4.69) is 15.9 Å². The molecule has 2 aliphatic rings. The minimum Gasteiger partial charge on any atom is -0.495 e. The molecule has 2 aromatic carbocycles. The number of sulfonamides is 1. The first kappa shape index (κ1) is 20.4. The zero-order valence-electron chi connectivity index (χ0n) is 16.4. The van der Waals surface area contributed by atoms with Crippen molar-refractivity contribution in [1.82, 2.24) is 4.31 Å². The number of carbonyl (C=O) groups is 1. The van der Waals surface area contributed by atoms with Crippen LogP contribution in [0.2, 0.25) is 0 Å². The maximum absolute atomic E-state index is 13.4. The number of carbonyl (C=O) groups excluding carboxylic acids is 1. The van der Waals surface area contributed by atoms with Gasteiger partial charge >= 0.3 is 0 Å². The Morgan fingerprint density at radius 3 is 2.55 bits per heavy atom. The Bertz CT molecular complexity index is 1060. The molecule has 0 N–H and O–H groups in total. The number of ether oxygens (including phenoxy) is 1. The Balaban J connectivity index is 1.74. The molecule has 4 rings (SSSR count). The number of anilines is 1. The third-order valence-electron chi connectivity index (χ3n) is 5.57. The monoisotopic (exact) mass is 478 g/mol. The lowest BCUT2D eigenvalue weighted by molar-refractivity contribution is 0.0981. The van der Waals surface area contributed by atoms with Crippen LogP contribution in [0.5, 0.6) is 5.75 Å². The maximum Gasteiger partial charge on any atom is 0.258 e. The van der Waals surface area contributed by atoms with Crippen LogP contribution in [0.3, 0.4) is 0 Å². The summed E-state index contributed by atoms with van der Waals surface area (Å²) in [5.41, 5.74) is 2.30. The van der Waals surface area contributed by atoms with Crippen LogP contribution in [0.15, 0.2) is 45.8 Å². The maximum atomic E-state index is 13.4. The van der Waals surface area contributed by atoms with Crippen LogP contribution in [0, 0.1) is 0 Å². The average Bonchev–Trinajstić information content (AvgIpc) is 3.34. The van der Waals surface area contributed by atoms with Gasteiger partial charge in [0.15, 0.2) is 0 Å². The first-order valence-electron chi connectivity index (χ1n) is 9.63. The summed E-state index contributed by atoms with van der Waals surface area (Å²) in [7, 11) is -2.27. The predicted molar refractivity (Wildman–Crippen MR) is 115 cm³/mol. The molecule has 0 spiro atoms. The first-order chi connectivity index (χ1) is 13.8. The van der Waals surface area contributed by atoms with Crippen molar-refractivity contribution in [2.45, 2.75) is 37.1 Å². The van der Waals surface area contributed by atoms with Gasteiger partial charge in [-0.15, -0.1) is 0 Å². The molecule has 1 saturated heterocycles. The van der Waals surface area contributed by atoms with Gasteiger partial charge in [-0.1, -0.05) is 15.9 Å². The molecular formula is C21H23BrN2O4S. The van der Waals surface area contributed by atoms with Crippen molar-refractivity contribution >= 4 is 37.5 Å². The Kier molecular flexibility index (Phi) is 5.44. The molecule has 29 heavy (non-hydrogen) atoms. The standard InChI is InChI=1S/C21H23BrN2O4S/c1-14-11-16-12-17(22)6-7-18(16)24(14)21(25)15-5-8-19(28-2)20(13-15)29(26,27)23-9-3-4-10-23/h5-8,12-14H,3-4,9-11H2,1-2H3/t14-/m0/s1. The fraction of sp³-hybridized carbons (Fsp3) is 0.381. The summed E-state index contributed by atoms with van der Waals surface area (Å²) in [6.45, 7) is 2.99. The van der Waals surface area contributed by atoms with Crippen LogP contribution in [0.25, 0.3) is 0 Å². The summed E-state index contributed by atoms with van der Waals surface area (Å²) in [6.07, 6.45) is 2.45. The molecular weight excluding hydrogens is 456 g/mol. The highest BCUT2D eigenvalue weighted by atomic mass is 79.9. The molecule has 1 atom stereocenters. The van der Waals surface area contributed by atoms with Gasteiger partial charge in [0.2, 0.25) is 10.0 Å². The SMILES string of the molecule is COc1ccc(C(=O)N2c3ccc(Br)cc3C[C@@H]2C)cc1S(=O)(=O)N1CCCC1. The van der Waals surface area contributed by atoms with Gasteiger partial charge in [-0.3, -0.25) is 4.79 Å². The zero-order chi connectivity index (χ0) is 20.8. The molecule has 0 aliphatic carbocycles. The van der Waals surface area contributed by atoms with E-state index >= 15 is 0 Å². The van der Waals surface area contributed by atoms with Gasteiger partial charge in [-0.2, -0.15) is 4.31 Å². The number of fused-ring (bicyclic) bond motifs is 1. The second-order valence-corrected chi connectivity index (χ2v) is 10.3. The molecule has 6 nitrogen and oxygen atoms in total. The van der Waals surface area contributed by atoms with Gasteiger partial charge in [0.25, 0.3) is 5.91 Å². The third-order valence-corrected chi connectivity index (χ3v) is 7.98. The van der Waals surface area contributed by atoms with Gasteiger partial charge in [0.05, 0.1) is 7.11 Å². The Labute approximate surface area is 179 Å². The Morgan fingerprint density at radius 1 is 1.14 bits per heavy atom. The Morgan fingerprint density at radius 2 is 1.86 bits per heavy atom. The van der Waals surface area contributed by atoms with E-state index < -0.39 is 10.0 Å². The molecule has 0 unspecified atom stereocenters. The molecule has 1 fully saturated rings. The van der Waals surface area contributed by atoms with Crippen LogP contribution in [0.1, 0.15) is 35.7 Å². The summed E-state index contributed by atoms with van der Waals surface area (Å²) >= 11 is 3.48. The molecule has 2 heterocycles. The summed E-state index contributed by atoms with van der Waals surface area (Å²) in [5.74, 6) is 0.0475. The fourth-order valence-electron chi connectivity index (χ4n) is 4.13. The predicted octanol–water partition coefficient (Wildman–Crippen LogP) is 3.83. The number of nitrogens with zero attached hydrogens (tertiary/aromatic N) is 2. The molecule has 0 bridgehead atoms. The summed E-state index contributed by atoms with van der Waals surface area (Å²) < 4.78 is 34.0. The summed E-state index contributed by atoms with van der Waals surface area (Å²) in [5, 5.41) is 0. The highest BCUT2D eigenvalue weighted by Crippen LogP contribution is 2.36. The van der Waals surface area contributed by atoms with E-state index in [0.717, 1.165) is 35.0 Å². The van der Waals surface area contributed by atoms with Crippen LogP contribution in [-0.4, -0.2) is 44.9 Å². The van der Waals surface area contributed by atoms with Gasteiger partial charge in [-0.25, -0.2) is 8.42 Å². The summed E-state index contributed by atoms with van der Waals surface area (Å²) in [4.78, 5) is 15.2. The van der Waals surface area contributed by atoms with Gasteiger partial charge in [0, 0.05) is 34.9 Å². The van der Waals surface area contributed by atoms with E-state index in [0.29, 0.717) is 18.7 Å². The first-order valence-corrected chi connectivity index (χ1v) is 11.9. The third kappa shape index (κ3) is 3.58. The van der Waals surface area contributed by atoms with Crippen LogP contribution in [-0.2, 0) is 16.4 Å². The lowest BCUT2D eigenvalue weighted by Gasteiger charge is -2.24. The van der Waals surface area contributed by atoms with Gasteiger partial charge in [-0.05, 0) is 68.1 Å². The second-order valence-electron chi connectivity index (χ2n) is 7.48. The quantitative estimate of drug-likeness (QED) is 0.669. The largest absolute Gasteiger partial charge is 0.495 e. The number of methoxy groups -OCH3 is 1. The van der Waals surface area contributed by atoms with Crippen molar-refractivity contribution < 1.29 is 17.9 Å². The van der Waals surface area contributed by atoms with Crippen molar-refractivity contribution in [3.8, 4) is 5.75 Å². The number of hydrogen-bond acceptors (Lipinski definition) is 4. The topological polar surface area (TPSA) is 66.9 Å². The number of hydrogen-bond donors (Lipinski definition) is 0. The lowest BCUT2D eigenvalue weighted by atomic mass is 10.1. The number of rotatable bonds is 4. The van der Waals surface area contributed by atoms with Gasteiger partial charge < -0.3 is 9.64 Å². The van der Waals surface area contributed by atoms with E-state index in [1.165, 1.54) is 17.5 Å². The molecule has 1 amide bonds. The molecule has 154 valence electrons. The fourth-order valence-corrected chi connectivity index (χ4v) is 6.23. The minimum absolute atomic E-state index is 0.00691. The Hall–Kier alpha value is -1.90. The average molecular weight is 479 g/mol. The highest BCUT2D eigenvalue weighted by molar-refractivity contribution is 9.10. The van der Waals surface area contributed by atoms with Crippen LogP contribution < -0.4 is 9.64 Å². The van der Waals surface area contributed by atoms with Crippen molar-refractivity contribution in [3.63, 3.8) is 0 Å². The van der Waals surface area contributed by atoms with Crippen molar-refractivity contribution in [1.29, 1.82) is 0 Å². The normalized spacial score (nSPS) is 19.4. The van der Waals surface area contributed by atoms with E-state index in [1.807, 2.05) is 25.1 Å². The van der Waals surface area contributed by atoms with E-state index in [9.17, 15) is 13.2 Å². The minimum atomic E-state index is -3.71. The highest BCUT2D eigenvalue weighted by Gasteiger charge is 2.34. The number of benzene rings is 2. The molecule has 0 aromatic heterocycles. The number of halogens is 1. The van der Waals surface area contributed by atoms with E-state index in [-0.39, 0.29) is 22.6 Å². The van der Waals surface area contributed by atoms with E-state index in [1.54, 1.807) is 17.0 Å². The van der Waals surface area contributed by atoms with Crippen LogP contribution >= 0.6 is 15.9 Å². The molecule has 8 heteroatoms. The zero-order valence-corrected chi connectivity index (χ0v) is 18.8. The second kappa shape index (κ2) is 7.74. The van der Waals surface area contributed by atoms with Crippen molar-refractivity contribution in [2.75, 3.05) is 25.1 Å². The van der Waals surface area contributed by atoms with E-state index in [4.69, 9.17) is 4.74 Å². The molecule has 0 radical (unpaired) electrons. The summed E-state index contributed by atoms with van der Waals surface area (Å²) in [6, 6.07) is 10.5. The van der Waals surface area contributed by atoms with Crippen molar-refractivity contribution in [3.05, 3.63) is 52.0 Å². The van der Waals surface area contributed by atoms with Crippen molar-refractivity contribution in [2.24, 2.45) is 0 Å². The van der Waals surface area contributed by atoms with Gasteiger partial charge in [0.1, 0.15) is 10.6 Å². The number of amides is 1. The molecule has 2 aliphatic heterocycles. The molecule has 2 aromatic rings. The lowest BCUT2D eigenvalue weighted by Crippen LogP contribution is -2.36. The smallest absolute Gasteiger partial charge is 0.258 e. The van der Waals surface area contributed by atoms with Crippen LogP contribution in [0.4, 0.5) is 5.69 Å².